The van der Waals surface area contributed by atoms with Gasteiger partial charge in [-0.05, 0) is 26.0 Å². The zero-order chi connectivity index (χ0) is 14.5. The predicted octanol–water partition coefficient (Wildman–Crippen LogP) is 1.25. The van der Waals surface area contributed by atoms with Gasteiger partial charge in [0, 0.05) is 19.0 Å². The highest BCUT2D eigenvalue weighted by Crippen LogP contribution is 2.07. The van der Waals surface area contributed by atoms with Crippen LogP contribution in [0.2, 0.25) is 0 Å². The molecule has 1 heterocycles. The Kier molecular flexibility index (Phi) is 4.34. The molecule has 6 heteroatoms. The zero-order valence-electron chi connectivity index (χ0n) is 11.6. The van der Waals surface area contributed by atoms with Crippen LogP contribution < -0.4 is 16.2 Å². The molecule has 0 unspecified atom stereocenters. The van der Waals surface area contributed by atoms with Crippen molar-refractivity contribution in [2.75, 3.05) is 11.9 Å². The van der Waals surface area contributed by atoms with Crippen LogP contribution >= 0.6 is 0 Å². The predicted molar refractivity (Wildman–Crippen MR) is 78.7 cm³/mol. The second kappa shape index (κ2) is 6.18. The van der Waals surface area contributed by atoms with Gasteiger partial charge in [0.25, 0.3) is 5.56 Å². The lowest BCUT2D eigenvalue weighted by Gasteiger charge is -2.09. The second-order valence-corrected chi connectivity index (χ2v) is 4.83. The molecule has 1 aromatic heterocycles. The van der Waals surface area contributed by atoms with Crippen LogP contribution in [0.5, 0.6) is 0 Å². The van der Waals surface area contributed by atoms with E-state index in [2.05, 4.69) is 20.6 Å². The Balaban J connectivity index is 2.00. The topological polar surface area (TPSA) is 86.9 Å². The monoisotopic (exact) mass is 274 g/mol. The molecule has 1 aromatic carbocycles. The van der Waals surface area contributed by atoms with E-state index in [1.165, 1.54) is 0 Å². The zero-order valence-corrected chi connectivity index (χ0v) is 11.6. The molecule has 1 amide bonds. The number of fused-ring (bicyclic) bond motifs is 1. The number of amides is 1. The standard InChI is InChI=1S/C14H18N4O2/c1-9(2)16-12(19)7-8-15-14-17-11-6-4-3-5-10(11)13(20)18-14/h3-6,9H,7-8H2,1-2H3,(H,16,19)(H2,15,17,18,20). The van der Waals surface area contributed by atoms with E-state index in [0.29, 0.717) is 29.8 Å². The number of H-pyrrole nitrogens is 1. The van der Waals surface area contributed by atoms with Gasteiger partial charge in [-0.2, -0.15) is 0 Å². The summed E-state index contributed by atoms with van der Waals surface area (Å²) in [6.45, 7) is 4.24. The van der Waals surface area contributed by atoms with E-state index in [0.717, 1.165) is 0 Å². The fraction of sp³-hybridized carbons (Fsp3) is 0.357. The van der Waals surface area contributed by atoms with Crippen molar-refractivity contribution < 1.29 is 4.79 Å². The van der Waals surface area contributed by atoms with E-state index < -0.39 is 0 Å². The summed E-state index contributed by atoms with van der Waals surface area (Å²) in [6.07, 6.45) is 0.328. The molecule has 0 atom stereocenters. The fourth-order valence-electron chi connectivity index (χ4n) is 1.86. The number of benzene rings is 1. The summed E-state index contributed by atoms with van der Waals surface area (Å²) < 4.78 is 0. The third-order valence-electron chi connectivity index (χ3n) is 2.71. The molecule has 106 valence electrons. The first-order valence-electron chi connectivity index (χ1n) is 6.58. The van der Waals surface area contributed by atoms with Gasteiger partial charge >= 0.3 is 0 Å². The Morgan fingerprint density at radius 3 is 2.85 bits per heavy atom. The molecule has 2 rings (SSSR count). The van der Waals surface area contributed by atoms with Crippen LogP contribution in [0.4, 0.5) is 5.95 Å². The highest BCUT2D eigenvalue weighted by Gasteiger charge is 2.05. The number of hydrogen-bond acceptors (Lipinski definition) is 4. The number of nitrogens with zero attached hydrogens (tertiary/aromatic N) is 1. The first-order chi connectivity index (χ1) is 9.56. The Labute approximate surface area is 116 Å². The van der Waals surface area contributed by atoms with Gasteiger partial charge in [-0.1, -0.05) is 12.1 Å². The van der Waals surface area contributed by atoms with Crippen molar-refractivity contribution >= 4 is 22.8 Å². The van der Waals surface area contributed by atoms with Crippen molar-refractivity contribution in [1.29, 1.82) is 0 Å². The average Bonchev–Trinajstić information content (AvgIpc) is 2.38. The SMILES string of the molecule is CC(C)NC(=O)CCNc1nc2ccccc2c(=O)[nH]1. The molecule has 2 aromatic rings. The van der Waals surface area contributed by atoms with Gasteiger partial charge in [-0.25, -0.2) is 4.98 Å². The molecule has 0 fully saturated rings. The average molecular weight is 274 g/mol. The molecular weight excluding hydrogens is 256 g/mol. The molecule has 0 spiro atoms. The molecular formula is C14H18N4O2. The summed E-state index contributed by atoms with van der Waals surface area (Å²) >= 11 is 0. The maximum atomic E-state index is 11.8. The van der Waals surface area contributed by atoms with E-state index in [-0.39, 0.29) is 17.5 Å². The normalized spacial score (nSPS) is 10.8. The molecule has 0 bridgehead atoms. The van der Waals surface area contributed by atoms with Crippen molar-refractivity contribution in [3.63, 3.8) is 0 Å². The van der Waals surface area contributed by atoms with Crippen molar-refractivity contribution in [2.24, 2.45) is 0 Å². The van der Waals surface area contributed by atoms with E-state index in [9.17, 15) is 9.59 Å². The van der Waals surface area contributed by atoms with Crippen LogP contribution in [0.25, 0.3) is 10.9 Å². The Morgan fingerprint density at radius 2 is 2.10 bits per heavy atom. The van der Waals surface area contributed by atoms with Gasteiger partial charge in [-0.3, -0.25) is 14.6 Å². The quantitative estimate of drug-likeness (QED) is 0.766. The Morgan fingerprint density at radius 1 is 1.35 bits per heavy atom. The number of hydrogen-bond donors (Lipinski definition) is 3. The highest BCUT2D eigenvalue weighted by molar-refractivity contribution is 5.78. The van der Waals surface area contributed by atoms with E-state index in [1.54, 1.807) is 18.2 Å². The molecule has 0 saturated carbocycles. The largest absolute Gasteiger partial charge is 0.355 e. The van der Waals surface area contributed by atoms with Gasteiger partial charge in [0.05, 0.1) is 10.9 Å². The van der Waals surface area contributed by atoms with Gasteiger partial charge in [-0.15, -0.1) is 0 Å². The molecule has 3 N–H and O–H groups in total. The smallest absolute Gasteiger partial charge is 0.260 e. The third-order valence-corrected chi connectivity index (χ3v) is 2.71. The maximum Gasteiger partial charge on any atom is 0.260 e. The first kappa shape index (κ1) is 14.0. The summed E-state index contributed by atoms with van der Waals surface area (Å²) in [6, 6.07) is 7.25. The van der Waals surface area contributed by atoms with Crippen molar-refractivity contribution in [3.05, 3.63) is 34.6 Å². The summed E-state index contributed by atoms with van der Waals surface area (Å²) in [5, 5.41) is 6.30. The minimum absolute atomic E-state index is 0.0318. The molecule has 0 radical (unpaired) electrons. The second-order valence-electron chi connectivity index (χ2n) is 4.83. The molecule has 0 aliphatic rings. The highest BCUT2D eigenvalue weighted by atomic mass is 16.1. The summed E-state index contributed by atoms with van der Waals surface area (Å²) in [4.78, 5) is 30.3. The number of rotatable bonds is 5. The van der Waals surface area contributed by atoms with Gasteiger partial charge in [0.2, 0.25) is 11.9 Å². The number of nitrogens with one attached hydrogen (secondary N) is 3. The molecule has 0 aliphatic heterocycles. The van der Waals surface area contributed by atoms with E-state index in [4.69, 9.17) is 0 Å². The van der Waals surface area contributed by atoms with Crippen molar-refractivity contribution in [1.82, 2.24) is 15.3 Å². The molecule has 0 aliphatic carbocycles. The lowest BCUT2D eigenvalue weighted by Crippen LogP contribution is -2.31. The number of carbonyl (C=O) groups excluding carboxylic acids is 1. The number of carbonyl (C=O) groups is 1. The third kappa shape index (κ3) is 3.57. The molecule has 0 saturated heterocycles. The van der Waals surface area contributed by atoms with Crippen molar-refractivity contribution in [3.8, 4) is 0 Å². The van der Waals surface area contributed by atoms with Crippen LogP contribution in [0, 0.1) is 0 Å². The summed E-state index contributed by atoms with van der Waals surface area (Å²) in [7, 11) is 0. The van der Waals surface area contributed by atoms with E-state index in [1.807, 2.05) is 19.9 Å². The van der Waals surface area contributed by atoms with Gasteiger partial charge in [0.15, 0.2) is 0 Å². The molecule has 6 nitrogen and oxygen atoms in total. The van der Waals surface area contributed by atoms with E-state index >= 15 is 0 Å². The minimum Gasteiger partial charge on any atom is -0.355 e. The van der Waals surface area contributed by atoms with Crippen LogP contribution in [-0.2, 0) is 4.79 Å². The minimum atomic E-state index is -0.190. The van der Waals surface area contributed by atoms with Crippen LogP contribution in [0.1, 0.15) is 20.3 Å². The Hall–Kier alpha value is -2.37. The summed E-state index contributed by atoms with van der Waals surface area (Å²) in [5.41, 5.74) is 0.440. The van der Waals surface area contributed by atoms with Gasteiger partial charge in [0.1, 0.15) is 0 Å². The van der Waals surface area contributed by atoms with Crippen LogP contribution in [0.3, 0.4) is 0 Å². The fourth-order valence-corrected chi connectivity index (χ4v) is 1.86. The lowest BCUT2D eigenvalue weighted by atomic mass is 10.2. The Bertz CT molecular complexity index is 664. The number of anilines is 1. The van der Waals surface area contributed by atoms with Crippen molar-refractivity contribution in [2.45, 2.75) is 26.3 Å². The lowest BCUT2D eigenvalue weighted by molar-refractivity contribution is -0.121. The van der Waals surface area contributed by atoms with Crippen LogP contribution in [0.15, 0.2) is 29.1 Å². The van der Waals surface area contributed by atoms with Crippen LogP contribution in [-0.4, -0.2) is 28.5 Å². The first-order valence-corrected chi connectivity index (χ1v) is 6.58. The number of para-hydroxylation sites is 1. The number of aromatic amines is 1. The summed E-state index contributed by atoms with van der Waals surface area (Å²) in [5.74, 6) is 0.349. The molecule has 20 heavy (non-hydrogen) atoms. The maximum absolute atomic E-state index is 11.8. The van der Waals surface area contributed by atoms with Gasteiger partial charge < -0.3 is 10.6 Å². The number of aromatic nitrogens is 2.